The summed E-state index contributed by atoms with van der Waals surface area (Å²) in [5.74, 6) is 0.730. The molecule has 1 N–H and O–H groups in total. The SMILES string of the molecule is CC(NC(C)c1nncn1C)c1cccc(C(F)(F)F)c1. The molecule has 0 amide bonds. The molecule has 0 bridgehead atoms. The third-order valence-corrected chi connectivity index (χ3v) is 3.35. The van der Waals surface area contributed by atoms with Crippen LogP contribution in [0.3, 0.4) is 0 Å². The van der Waals surface area contributed by atoms with Crippen LogP contribution >= 0.6 is 0 Å². The quantitative estimate of drug-likeness (QED) is 0.942. The van der Waals surface area contributed by atoms with Gasteiger partial charge >= 0.3 is 6.18 Å². The Morgan fingerprint density at radius 3 is 2.48 bits per heavy atom. The monoisotopic (exact) mass is 298 g/mol. The Morgan fingerprint density at radius 2 is 1.90 bits per heavy atom. The highest BCUT2D eigenvalue weighted by Gasteiger charge is 2.30. The van der Waals surface area contributed by atoms with E-state index in [1.165, 1.54) is 12.1 Å². The van der Waals surface area contributed by atoms with Gasteiger partial charge in [0, 0.05) is 13.1 Å². The smallest absolute Gasteiger partial charge is 0.319 e. The molecule has 2 atom stereocenters. The molecule has 0 radical (unpaired) electrons. The van der Waals surface area contributed by atoms with E-state index < -0.39 is 11.7 Å². The first-order valence-corrected chi connectivity index (χ1v) is 6.56. The highest BCUT2D eigenvalue weighted by Crippen LogP contribution is 2.31. The second-order valence-corrected chi connectivity index (χ2v) is 5.03. The molecule has 7 heteroatoms. The van der Waals surface area contributed by atoms with Gasteiger partial charge in [-0.05, 0) is 31.5 Å². The first kappa shape index (κ1) is 15.5. The van der Waals surface area contributed by atoms with Crippen LogP contribution in [0.5, 0.6) is 0 Å². The number of rotatable bonds is 4. The minimum absolute atomic E-state index is 0.123. The number of benzene rings is 1. The van der Waals surface area contributed by atoms with Gasteiger partial charge in [-0.3, -0.25) is 0 Å². The van der Waals surface area contributed by atoms with Crippen LogP contribution in [0.1, 0.15) is 42.9 Å². The average molecular weight is 298 g/mol. The summed E-state index contributed by atoms with van der Waals surface area (Å²) in [4.78, 5) is 0. The zero-order valence-corrected chi connectivity index (χ0v) is 12.0. The van der Waals surface area contributed by atoms with Gasteiger partial charge in [0.25, 0.3) is 0 Å². The van der Waals surface area contributed by atoms with E-state index in [9.17, 15) is 13.2 Å². The van der Waals surface area contributed by atoms with E-state index in [0.717, 1.165) is 11.9 Å². The Kier molecular flexibility index (Phi) is 4.32. The number of alkyl halides is 3. The van der Waals surface area contributed by atoms with Crippen LogP contribution in [0, 0.1) is 0 Å². The van der Waals surface area contributed by atoms with Gasteiger partial charge in [0.05, 0.1) is 11.6 Å². The van der Waals surface area contributed by atoms with Gasteiger partial charge in [0.2, 0.25) is 0 Å². The normalized spacial score (nSPS) is 15.0. The molecule has 1 aromatic carbocycles. The van der Waals surface area contributed by atoms with Crippen LogP contribution in [-0.2, 0) is 13.2 Å². The Morgan fingerprint density at radius 1 is 1.19 bits per heavy atom. The molecule has 0 saturated heterocycles. The van der Waals surface area contributed by atoms with Gasteiger partial charge in [-0.1, -0.05) is 12.1 Å². The summed E-state index contributed by atoms with van der Waals surface area (Å²) in [6.45, 7) is 3.72. The van der Waals surface area contributed by atoms with E-state index in [-0.39, 0.29) is 12.1 Å². The fourth-order valence-corrected chi connectivity index (χ4v) is 2.21. The molecule has 0 spiro atoms. The van der Waals surface area contributed by atoms with Crippen LogP contribution in [0.25, 0.3) is 0 Å². The van der Waals surface area contributed by atoms with Crippen molar-refractivity contribution in [3.05, 3.63) is 47.5 Å². The van der Waals surface area contributed by atoms with Gasteiger partial charge < -0.3 is 9.88 Å². The average Bonchev–Trinajstić information content (AvgIpc) is 2.84. The molecule has 2 aromatic rings. The fraction of sp³-hybridized carbons (Fsp3) is 0.429. The summed E-state index contributed by atoms with van der Waals surface area (Å²) in [7, 11) is 1.82. The van der Waals surface area contributed by atoms with Crippen molar-refractivity contribution in [1.29, 1.82) is 0 Å². The van der Waals surface area contributed by atoms with E-state index in [2.05, 4.69) is 15.5 Å². The fourth-order valence-electron chi connectivity index (χ4n) is 2.21. The molecule has 114 valence electrons. The van der Waals surface area contributed by atoms with E-state index in [4.69, 9.17) is 0 Å². The minimum Gasteiger partial charge on any atom is -0.319 e. The molecule has 0 saturated carbocycles. The maximum atomic E-state index is 12.7. The lowest BCUT2D eigenvalue weighted by molar-refractivity contribution is -0.137. The van der Waals surface area contributed by atoms with E-state index in [1.54, 1.807) is 17.0 Å². The zero-order chi connectivity index (χ0) is 15.6. The largest absolute Gasteiger partial charge is 0.416 e. The van der Waals surface area contributed by atoms with E-state index in [0.29, 0.717) is 5.56 Å². The lowest BCUT2D eigenvalue weighted by Crippen LogP contribution is -2.25. The van der Waals surface area contributed by atoms with Gasteiger partial charge in [-0.25, -0.2) is 0 Å². The summed E-state index contributed by atoms with van der Waals surface area (Å²) in [5.41, 5.74) is -0.0567. The van der Waals surface area contributed by atoms with Crippen molar-refractivity contribution in [2.45, 2.75) is 32.1 Å². The van der Waals surface area contributed by atoms with Gasteiger partial charge in [-0.15, -0.1) is 10.2 Å². The zero-order valence-electron chi connectivity index (χ0n) is 12.0. The molecule has 0 aliphatic heterocycles. The van der Waals surface area contributed by atoms with Crippen molar-refractivity contribution in [2.24, 2.45) is 7.05 Å². The Labute approximate surface area is 121 Å². The van der Waals surface area contributed by atoms with Crippen molar-refractivity contribution in [2.75, 3.05) is 0 Å². The van der Waals surface area contributed by atoms with Gasteiger partial charge in [-0.2, -0.15) is 13.2 Å². The first-order valence-electron chi connectivity index (χ1n) is 6.56. The minimum atomic E-state index is -4.33. The summed E-state index contributed by atoms with van der Waals surface area (Å²) >= 11 is 0. The van der Waals surface area contributed by atoms with Crippen molar-refractivity contribution < 1.29 is 13.2 Å². The van der Waals surface area contributed by atoms with E-state index in [1.807, 2.05) is 20.9 Å². The molecule has 4 nitrogen and oxygen atoms in total. The second-order valence-electron chi connectivity index (χ2n) is 5.03. The van der Waals surface area contributed by atoms with Crippen LogP contribution in [0.2, 0.25) is 0 Å². The van der Waals surface area contributed by atoms with Crippen molar-refractivity contribution in [3.63, 3.8) is 0 Å². The molecular weight excluding hydrogens is 281 g/mol. The number of nitrogens with zero attached hydrogens (tertiary/aromatic N) is 3. The molecule has 1 aromatic heterocycles. The molecule has 0 aliphatic carbocycles. The van der Waals surface area contributed by atoms with Gasteiger partial charge in [0.1, 0.15) is 12.2 Å². The third-order valence-electron chi connectivity index (χ3n) is 3.35. The maximum absolute atomic E-state index is 12.7. The Bertz CT molecular complexity index is 606. The first-order chi connectivity index (χ1) is 9.79. The molecule has 0 aliphatic rings. The highest BCUT2D eigenvalue weighted by atomic mass is 19.4. The van der Waals surface area contributed by atoms with Crippen LogP contribution in [0.15, 0.2) is 30.6 Å². The second kappa shape index (κ2) is 5.85. The maximum Gasteiger partial charge on any atom is 0.416 e. The molecule has 2 unspecified atom stereocenters. The topological polar surface area (TPSA) is 42.7 Å². The summed E-state index contributed by atoms with van der Waals surface area (Å²) < 4.78 is 40.0. The number of hydrogen-bond donors (Lipinski definition) is 1. The van der Waals surface area contributed by atoms with Crippen LogP contribution < -0.4 is 5.32 Å². The van der Waals surface area contributed by atoms with Crippen LogP contribution in [-0.4, -0.2) is 14.8 Å². The van der Waals surface area contributed by atoms with Crippen molar-refractivity contribution >= 4 is 0 Å². The number of halogens is 3. The highest BCUT2D eigenvalue weighted by molar-refractivity contribution is 5.27. The third kappa shape index (κ3) is 3.60. The Hall–Kier alpha value is -1.89. The molecule has 21 heavy (non-hydrogen) atoms. The van der Waals surface area contributed by atoms with Crippen molar-refractivity contribution in [3.8, 4) is 0 Å². The summed E-state index contributed by atoms with van der Waals surface area (Å²) in [6.07, 6.45) is -2.74. The molecule has 2 rings (SSSR count). The summed E-state index contributed by atoms with van der Waals surface area (Å²) in [6, 6.07) is 4.98. The predicted molar refractivity (Wildman–Crippen MR) is 72.4 cm³/mol. The van der Waals surface area contributed by atoms with E-state index >= 15 is 0 Å². The number of hydrogen-bond acceptors (Lipinski definition) is 3. The number of nitrogens with one attached hydrogen (secondary N) is 1. The number of aryl methyl sites for hydroxylation is 1. The van der Waals surface area contributed by atoms with Gasteiger partial charge in [0.15, 0.2) is 0 Å². The molecular formula is C14H17F3N4. The molecule has 0 fully saturated rings. The lowest BCUT2D eigenvalue weighted by Gasteiger charge is -2.20. The lowest BCUT2D eigenvalue weighted by atomic mass is 10.0. The van der Waals surface area contributed by atoms with Crippen LogP contribution in [0.4, 0.5) is 13.2 Å². The van der Waals surface area contributed by atoms with Crippen molar-refractivity contribution in [1.82, 2.24) is 20.1 Å². The number of aromatic nitrogens is 3. The standard InChI is InChI=1S/C14H17F3N4/c1-9(19-10(2)13-20-18-8-21(13)3)11-5-4-6-12(7-11)14(15,16)17/h4-10,19H,1-3H3. The predicted octanol–water partition coefficient (Wildman–Crippen LogP) is 3.25. The Balaban J connectivity index is 2.14. The summed E-state index contributed by atoms with van der Waals surface area (Å²) in [5, 5.41) is 11.0. The molecule has 1 heterocycles.